The number of aromatic nitrogens is 3. The van der Waals surface area contributed by atoms with Gasteiger partial charge in [-0.2, -0.15) is 0 Å². The monoisotopic (exact) mass is 468 g/mol. The van der Waals surface area contributed by atoms with Crippen LogP contribution in [0.1, 0.15) is 25.6 Å². The SMILES string of the molecule is C=CCn1cnnc1SCC(=O)Nc1sc(C(=O)OC)c(CC(=O)OC)c1C(=O)OC. The minimum Gasteiger partial charge on any atom is -0.469 e. The zero-order valence-corrected chi connectivity index (χ0v) is 18.6. The molecule has 0 aliphatic heterocycles. The van der Waals surface area contributed by atoms with Crippen LogP contribution in [0.2, 0.25) is 0 Å². The van der Waals surface area contributed by atoms with Crippen molar-refractivity contribution in [1.29, 1.82) is 0 Å². The van der Waals surface area contributed by atoms with Crippen LogP contribution < -0.4 is 5.32 Å². The molecule has 2 rings (SSSR count). The molecule has 0 fully saturated rings. The van der Waals surface area contributed by atoms with Gasteiger partial charge in [-0.3, -0.25) is 9.59 Å². The summed E-state index contributed by atoms with van der Waals surface area (Å²) >= 11 is 1.94. The van der Waals surface area contributed by atoms with E-state index in [1.54, 1.807) is 10.6 Å². The molecule has 13 heteroatoms. The number of methoxy groups -OCH3 is 3. The standard InChI is InChI=1S/C18H20N4O7S2/c1-5-6-22-9-19-21-18(22)30-8-11(23)20-15-13(16(25)28-3)10(7-12(24)27-2)14(31-15)17(26)29-4/h5,9H,1,6-8H2,2-4H3,(H,20,23). The summed E-state index contributed by atoms with van der Waals surface area (Å²) < 4.78 is 15.9. The maximum atomic E-state index is 12.5. The van der Waals surface area contributed by atoms with Crippen LogP contribution in [0.3, 0.4) is 0 Å². The van der Waals surface area contributed by atoms with Crippen LogP contribution in [-0.2, 0) is 36.8 Å². The van der Waals surface area contributed by atoms with Crippen LogP contribution in [0.5, 0.6) is 0 Å². The molecule has 0 radical (unpaired) electrons. The van der Waals surface area contributed by atoms with Crippen LogP contribution in [0.4, 0.5) is 5.00 Å². The van der Waals surface area contributed by atoms with E-state index in [4.69, 9.17) is 9.47 Å². The lowest BCUT2D eigenvalue weighted by atomic mass is 10.1. The van der Waals surface area contributed by atoms with Crippen molar-refractivity contribution in [2.24, 2.45) is 0 Å². The summed E-state index contributed by atoms with van der Waals surface area (Å²) in [6.07, 6.45) is 2.80. The normalized spacial score (nSPS) is 10.3. The number of carbonyl (C=O) groups excluding carboxylic acids is 4. The van der Waals surface area contributed by atoms with Gasteiger partial charge in [0.25, 0.3) is 0 Å². The number of nitrogens with zero attached hydrogens (tertiary/aromatic N) is 3. The van der Waals surface area contributed by atoms with Crippen molar-refractivity contribution in [2.75, 3.05) is 32.4 Å². The minimum absolute atomic E-state index is 0.0121. The minimum atomic E-state index is -0.820. The largest absolute Gasteiger partial charge is 0.469 e. The van der Waals surface area contributed by atoms with E-state index in [2.05, 4.69) is 26.8 Å². The Morgan fingerprint density at radius 2 is 1.90 bits per heavy atom. The van der Waals surface area contributed by atoms with Crippen LogP contribution in [0.25, 0.3) is 0 Å². The van der Waals surface area contributed by atoms with E-state index >= 15 is 0 Å². The van der Waals surface area contributed by atoms with Crippen molar-refractivity contribution in [1.82, 2.24) is 14.8 Å². The molecule has 0 atom stereocenters. The zero-order chi connectivity index (χ0) is 23.0. The van der Waals surface area contributed by atoms with Crippen LogP contribution >= 0.6 is 23.1 Å². The summed E-state index contributed by atoms with van der Waals surface area (Å²) in [5.74, 6) is -2.78. The second-order valence-electron chi connectivity index (χ2n) is 5.74. The average molecular weight is 469 g/mol. The molecule has 0 saturated heterocycles. The zero-order valence-electron chi connectivity index (χ0n) is 17.0. The number of hydrogen-bond acceptors (Lipinski definition) is 11. The van der Waals surface area contributed by atoms with Crippen molar-refractivity contribution in [3.05, 3.63) is 35.0 Å². The molecule has 2 aromatic heterocycles. The van der Waals surface area contributed by atoms with E-state index in [0.717, 1.165) is 37.3 Å². The fourth-order valence-electron chi connectivity index (χ4n) is 2.43. The smallest absolute Gasteiger partial charge is 0.348 e. The molecule has 1 N–H and O–H groups in total. The fraction of sp³-hybridized carbons (Fsp3) is 0.333. The first kappa shape index (κ1) is 24.1. The molecule has 0 bridgehead atoms. The number of ether oxygens (including phenoxy) is 3. The Morgan fingerprint density at radius 3 is 2.52 bits per heavy atom. The number of nitrogens with one attached hydrogen (secondary N) is 1. The lowest BCUT2D eigenvalue weighted by molar-refractivity contribution is -0.139. The molecule has 0 aliphatic carbocycles. The lowest BCUT2D eigenvalue weighted by Gasteiger charge is -2.08. The molecule has 0 saturated carbocycles. The average Bonchev–Trinajstić information content (AvgIpc) is 3.35. The highest BCUT2D eigenvalue weighted by Crippen LogP contribution is 2.35. The van der Waals surface area contributed by atoms with Gasteiger partial charge in [0.2, 0.25) is 5.91 Å². The Hall–Kier alpha value is -3.19. The number of amides is 1. The first-order valence-electron chi connectivity index (χ1n) is 8.66. The van der Waals surface area contributed by atoms with Crippen molar-refractivity contribution in [3.63, 3.8) is 0 Å². The summed E-state index contributed by atoms with van der Waals surface area (Å²) in [4.78, 5) is 48.9. The topological polar surface area (TPSA) is 139 Å². The Balaban J connectivity index is 2.31. The van der Waals surface area contributed by atoms with E-state index in [-0.39, 0.29) is 33.2 Å². The number of rotatable bonds is 10. The highest BCUT2D eigenvalue weighted by atomic mass is 32.2. The lowest BCUT2D eigenvalue weighted by Crippen LogP contribution is -2.17. The first-order chi connectivity index (χ1) is 14.9. The van der Waals surface area contributed by atoms with Crippen molar-refractivity contribution < 1.29 is 33.4 Å². The molecule has 0 unspecified atom stereocenters. The van der Waals surface area contributed by atoms with Crippen LogP contribution in [-0.4, -0.2) is 65.7 Å². The van der Waals surface area contributed by atoms with E-state index in [1.807, 2.05) is 0 Å². The van der Waals surface area contributed by atoms with E-state index < -0.39 is 23.8 Å². The maximum absolute atomic E-state index is 12.5. The molecule has 11 nitrogen and oxygen atoms in total. The molecule has 31 heavy (non-hydrogen) atoms. The third-order valence-electron chi connectivity index (χ3n) is 3.81. The van der Waals surface area contributed by atoms with Gasteiger partial charge in [0, 0.05) is 12.1 Å². The number of thiophene rings is 1. The van der Waals surface area contributed by atoms with Gasteiger partial charge in [0.15, 0.2) is 5.16 Å². The summed E-state index contributed by atoms with van der Waals surface area (Å²) in [5, 5.41) is 10.9. The van der Waals surface area contributed by atoms with E-state index in [9.17, 15) is 19.2 Å². The van der Waals surface area contributed by atoms with Gasteiger partial charge < -0.3 is 24.1 Å². The molecule has 2 heterocycles. The highest BCUT2D eigenvalue weighted by molar-refractivity contribution is 7.99. The number of allylic oxidation sites excluding steroid dienone is 1. The Labute approximate surface area is 185 Å². The molecule has 166 valence electrons. The van der Waals surface area contributed by atoms with Gasteiger partial charge in [-0.1, -0.05) is 17.8 Å². The third-order valence-corrected chi connectivity index (χ3v) is 5.92. The predicted octanol–water partition coefficient (Wildman–Crippen LogP) is 1.55. The predicted molar refractivity (Wildman–Crippen MR) is 112 cm³/mol. The fourth-order valence-corrected chi connectivity index (χ4v) is 4.29. The molecule has 0 spiro atoms. The highest BCUT2D eigenvalue weighted by Gasteiger charge is 2.30. The number of hydrogen-bond donors (Lipinski definition) is 1. The van der Waals surface area contributed by atoms with Gasteiger partial charge in [-0.05, 0) is 0 Å². The van der Waals surface area contributed by atoms with Crippen LogP contribution in [0, 0.1) is 0 Å². The van der Waals surface area contributed by atoms with Gasteiger partial charge in [-0.25, -0.2) is 9.59 Å². The molecular weight excluding hydrogens is 448 g/mol. The van der Waals surface area contributed by atoms with Gasteiger partial charge in [-0.15, -0.1) is 28.1 Å². The van der Waals surface area contributed by atoms with Crippen LogP contribution in [0.15, 0.2) is 24.1 Å². The Kier molecular flexibility index (Phi) is 8.75. The van der Waals surface area contributed by atoms with Gasteiger partial charge in [0.1, 0.15) is 16.2 Å². The number of carbonyl (C=O) groups is 4. The molecule has 1 amide bonds. The molecule has 0 aromatic carbocycles. The van der Waals surface area contributed by atoms with Gasteiger partial charge in [0.05, 0.1) is 39.1 Å². The summed E-state index contributed by atoms with van der Waals surface area (Å²) in [7, 11) is 3.49. The quantitative estimate of drug-likeness (QED) is 0.236. The number of anilines is 1. The Morgan fingerprint density at radius 1 is 1.19 bits per heavy atom. The number of thioether (sulfide) groups is 1. The molecular formula is C18H20N4O7S2. The molecule has 2 aromatic rings. The second-order valence-corrected chi connectivity index (χ2v) is 7.70. The Bertz CT molecular complexity index is 999. The summed E-state index contributed by atoms with van der Waals surface area (Å²) in [6.45, 7) is 4.12. The van der Waals surface area contributed by atoms with E-state index in [1.165, 1.54) is 13.4 Å². The molecule has 0 aliphatic rings. The van der Waals surface area contributed by atoms with Crippen molar-refractivity contribution >= 4 is 51.9 Å². The van der Waals surface area contributed by atoms with Crippen molar-refractivity contribution in [3.8, 4) is 0 Å². The van der Waals surface area contributed by atoms with Gasteiger partial charge >= 0.3 is 17.9 Å². The van der Waals surface area contributed by atoms with E-state index in [0.29, 0.717) is 11.7 Å². The van der Waals surface area contributed by atoms with Crippen molar-refractivity contribution in [2.45, 2.75) is 18.1 Å². The summed E-state index contributed by atoms with van der Waals surface area (Å²) in [5.41, 5.74) is -0.0456. The number of esters is 3. The first-order valence-corrected chi connectivity index (χ1v) is 10.5. The second kappa shape index (κ2) is 11.3. The summed E-state index contributed by atoms with van der Waals surface area (Å²) in [6, 6.07) is 0. The maximum Gasteiger partial charge on any atom is 0.348 e. The third kappa shape index (κ3) is 5.92.